The molecule has 5 heterocycles. The normalized spacial score (nSPS) is 36.2. The highest BCUT2D eigenvalue weighted by Gasteiger charge is 2.71. The van der Waals surface area contributed by atoms with Crippen LogP contribution in [0, 0.1) is 0 Å². The van der Waals surface area contributed by atoms with Crippen LogP contribution < -0.4 is 0 Å². The van der Waals surface area contributed by atoms with E-state index in [1.807, 2.05) is 22.2 Å². The molecule has 7 heteroatoms. The topological polar surface area (TPSA) is 59.1 Å². The van der Waals surface area contributed by atoms with Gasteiger partial charge in [0.05, 0.1) is 19.0 Å². The third kappa shape index (κ3) is 2.28. The van der Waals surface area contributed by atoms with Crippen molar-refractivity contribution >= 4 is 28.6 Å². The molecule has 138 valence electrons. The van der Waals surface area contributed by atoms with Crippen molar-refractivity contribution in [3.8, 4) is 0 Å². The van der Waals surface area contributed by atoms with Crippen molar-refractivity contribution in [1.29, 1.82) is 0 Å². The number of thiophene rings is 2. The minimum absolute atomic E-state index is 0.162. The second kappa shape index (κ2) is 5.62. The van der Waals surface area contributed by atoms with Crippen LogP contribution in [0.25, 0.3) is 0 Å². The molecule has 2 bridgehead atoms. The third-order valence-electron chi connectivity index (χ3n) is 6.42. The molecule has 0 saturated carbocycles. The van der Waals surface area contributed by atoms with Gasteiger partial charge in [0, 0.05) is 18.4 Å². The molecule has 0 radical (unpaired) electrons. The van der Waals surface area contributed by atoms with E-state index >= 15 is 0 Å². The Hall–Kier alpha value is -1.25. The zero-order valence-corrected chi connectivity index (χ0v) is 16.3. The highest BCUT2D eigenvalue weighted by molar-refractivity contribution is 7.10. The van der Waals surface area contributed by atoms with Gasteiger partial charge in [0.15, 0.2) is 0 Å². The van der Waals surface area contributed by atoms with E-state index in [2.05, 4.69) is 14.1 Å². The SMILES string of the molecule is C[N+]1(C)[C@@H]2CC(OC(=O)C(O)(c3ccsc3)c3cccs3)C[C@H]1[C@@H]1O[C@@H]12. The molecule has 3 saturated heterocycles. The lowest BCUT2D eigenvalue weighted by Gasteiger charge is -2.45. The Morgan fingerprint density at radius 3 is 2.58 bits per heavy atom. The molecular formula is C19H22NO4S2+. The number of likely N-dealkylation sites (N-methyl/N-ethyl adjacent to an activating group) is 1. The number of ether oxygens (including phenoxy) is 2. The average Bonchev–Trinajstić information content (AvgIpc) is 2.98. The number of carbonyl (C=O) groups is 1. The van der Waals surface area contributed by atoms with Crippen molar-refractivity contribution in [1.82, 2.24) is 0 Å². The van der Waals surface area contributed by atoms with Crippen molar-refractivity contribution in [2.75, 3.05) is 14.1 Å². The Kier molecular flexibility index (Phi) is 3.65. The number of piperidine rings is 1. The quantitative estimate of drug-likeness (QED) is 0.493. The van der Waals surface area contributed by atoms with Crippen molar-refractivity contribution in [3.05, 3.63) is 44.8 Å². The summed E-state index contributed by atoms with van der Waals surface area (Å²) in [6.45, 7) is 0. The van der Waals surface area contributed by atoms with Crippen molar-refractivity contribution in [2.45, 2.75) is 48.8 Å². The monoisotopic (exact) mass is 392 g/mol. The molecule has 0 spiro atoms. The molecule has 3 aliphatic rings. The van der Waals surface area contributed by atoms with Crippen molar-refractivity contribution < 1.29 is 23.9 Å². The predicted molar refractivity (Wildman–Crippen MR) is 99.1 cm³/mol. The summed E-state index contributed by atoms with van der Waals surface area (Å²) in [5, 5.41) is 16.9. The Morgan fingerprint density at radius 2 is 2.00 bits per heavy atom. The van der Waals surface area contributed by atoms with Gasteiger partial charge in [-0.2, -0.15) is 11.3 Å². The van der Waals surface area contributed by atoms with E-state index in [-0.39, 0.29) is 6.10 Å². The van der Waals surface area contributed by atoms with Crippen LogP contribution in [0.3, 0.4) is 0 Å². The molecule has 0 aromatic carbocycles. The highest BCUT2D eigenvalue weighted by Crippen LogP contribution is 2.52. The number of epoxide rings is 1. The van der Waals surface area contributed by atoms with E-state index in [9.17, 15) is 9.90 Å². The molecule has 2 aromatic rings. The van der Waals surface area contributed by atoms with Crippen molar-refractivity contribution in [2.24, 2.45) is 0 Å². The minimum atomic E-state index is -1.73. The lowest BCUT2D eigenvalue weighted by atomic mass is 9.93. The number of esters is 1. The lowest BCUT2D eigenvalue weighted by molar-refractivity contribution is -0.938. The predicted octanol–water partition coefficient (Wildman–Crippen LogP) is 2.35. The Bertz CT molecular complexity index is 762. The molecule has 3 fully saturated rings. The van der Waals surface area contributed by atoms with Crippen LogP contribution in [0.2, 0.25) is 0 Å². The molecule has 5 rings (SSSR count). The second-order valence-electron chi connectivity index (χ2n) is 8.03. The Labute approximate surface area is 160 Å². The smallest absolute Gasteiger partial charge is 0.348 e. The van der Waals surface area contributed by atoms with E-state index in [0.717, 1.165) is 17.3 Å². The van der Waals surface area contributed by atoms with E-state index in [0.29, 0.717) is 34.7 Å². The maximum Gasteiger partial charge on any atom is 0.348 e. The molecule has 6 atom stereocenters. The van der Waals surface area contributed by atoms with Gasteiger partial charge in [-0.1, -0.05) is 6.07 Å². The van der Waals surface area contributed by atoms with Crippen LogP contribution in [0.15, 0.2) is 34.3 Å². The number of hydrogen-bond acceptors (Lipinski definition) is 6. The zero-order valence-electron chi connectivity index (χ0n) is 14.7. The fraction of sp³-hybridized carbons (Fsp3) is 0.526. The van der Waals surface area contributed by atoms with Crippen LogP contribution in [-0.4, -0.2) is 60.0 Å². The number of aliphatic hydroxyl groups is 1. The zero-order chi connectivity index (χ0) is 18.1. The minimum Gasteiger partial charge on any atom is -0.459 e. The number of nitrogens with zero attached hydrogens (tertiary/aromatic N) is 1. The summed E-state index contributed by atoms with van der Waals surface area (Å²) in [6, 6.07) is 6.16. The maximum absolute atomic E-state index is 13.1. The molecule has 26 heavy (non-hydrogen) atoms. The average molecular weight is 393 g/mol. The maximum atomic E-state index is 13.1. The first-order chi connectivity index (χ1) is 12.4. The van der Waals surface area contributed by atoms with Gasteiger partial charge in [-0.05, 0) is 28.3 Å². The second-order valence-corrected chi connectivity index (χ2v) is 9.76. The van der Waals surface area contributed by atoms with Gasteiger partial charge >= 0.3 is 5.97 Å². The number of quaternary nitrogens is 1. The molecule has 2 aromatic heterocycles. The Morgan fingerprint density at radius 1 is 1.27 bits per heavy atom. The van der Waals surface area contributed by atoms with Crippen LogP contribution in [0.4, 0.5) is 0 Å². The molecule has 2 unspecified atom stereocenters. The van der Waals surface area contributed by atoms with Gasteiger partial charge in [-0.15, -0.1) is 11.3 Å². The number of hydrogen-bond donors (Lipinski definition) is 1. The summed E-state index contributed by atoms with van der Waals surface area (Å²) in [7, 11) is 4.49. The molecule has 0 amide bonds. The van der Waals surface area contributed by atoms with Crippen molar-refractivity contribution in [3.63, 3.8) is 0 Å². The van der Waals surface area contributed by atoms with E-state index in [1.54, 1.807) is 12.1 Å². The number of morpholine rings is 1. The summed E-state index contributed by atoms with van der Waals surface area (Å²) >= 11 is 2.83. The first-order valence-corrected chi connectivity index (χ1v) is 10.7. The van der Waals surface area contributed by atoms with E-state index < -0.39 is 11.6 Å². The van der Waals surface area contributed by atoms with Crippen LogP contribution in [0.1, 0.15) is 23.3 Å². The largest absolute Gasteiger partial charge is 0.459 e. The summed E-state index contributed by atoms with van der Waals surface area (Å²) < 4.78 is 12.6. The fourth-order valence-corrected chi connectivity index (χ4v) is 6.39. The molecule has 3 aliphatic heterocycles. The van der Waals surface area contributed by atoms with Gasteiger partial charge in [0.25, 0.3) is 0 Å². The molecule has 5 nitrogen and oxygen atoms in total. The van der Waals surface area contributed by atoms with Gasteiger partial charge in [-0.3, -0.25) is 0 Å². The fourth-order valence-electron chi connectivity index (χ4n) is 4.85. The van der Waals surface area contributed by atoms with Crippen LogP contribution >= 0.6 is 22.7 Å². The summed E-state index contributed by atoms with van der Waals surface area (Å²) in [5.41, 5.74) is -1.15. The Balaban J connectivity index is 1.40. The number of carbonyl (C=O) groups excluding carboxylic acids is 1. The van der Waals surface area contributed by atoms with Gasteiger partial charge in [0.2, 0.25) is 5.60 Å². The summed E-state index contributed by atoms with van der Waals surface area (Å²) in [4.78, 5) is 13.7. The van der Waals surface area contributed by atoms with E-state index in [1.165, 1.54) is 22.7 Å². The van der Waals surface area contributed by atoms with Gasteiger partial charge in [-0.25, -0.2) is 4.79 Å². The van der Waals surface area contributed by atoms with Crippen LogP contribution in [-0.2, 0) is 19.9 Å². The van der Waals surface area contributed by atoms with Gasteiger partial charge in [0.1, 0.15) is 30.4 Å². The first-order valence-electron chi connectivity index (χ1n) is 8.91. The third-order valence-corrected chi connectivity index (χ3v) is 8.09. The molecule has 1 N–H and O–H groups in total. The first kappa shape index (κ1) is 16.9. The van der Waals surface area contributed by atoms with Gasteiger partial charge < -0.3 is 19.1 Å². The molecule has 0 aliphatic carbocycles. The number of rotatable bonds is 4. The van der Waals surface area contributed by atoms with Crippen LogP contribution in [0.5, 0.6) is 0 Å². The molecular weight excluding hydrogens is 370 g/mol. The highest BCUT2D eigenvalue weighted by atomic mass is 32.1. The summed E-state index contributed by atoms with van der Waals surface area (Å²) in [6.07, 6.45) is 2.05. The summed E-state index contributed by atoms with van der Waals surface area (Å²) in [5.74, 6) is -0.565. The standard InChI is InChI=1S/C19H22NO4S2/c1-20(2)13-8-12(9-14(20)17-16(13)24-17)23-18(21)19(22,11-5-7-25-10-11)15-4-3-6-26-15/h3-7,10,12-14,16-17,22H,8-9H2,1-2H3/q+1/t12?,13-,14+,16-,17+,19?. The number of fused-ring (bicyclic) bond motifs is 5. The lowest BCUT2D eigenvalue weighted by Crippen LogP contribution is -2.60. The van der Waals surface area contributed by atoms with E-state index in [4.69, 9.17) is 9.47 Å².